The molecular formula is C34H45N3O4. The van der Waals surface area contributed by atoms with Gasteiger partial charge in [-0.25, -0.2) is 4.79 Å². The van der Waals surface area contributed by atoms with Gasteiger partial charge in [-0.2, -0.15) is 0 Å². The first-order valence-corrected chi connectivity index (χ1v) is 15.3. The molecule has 0 spiro atoms. The molecule has 0 radical (unpaired) electrons. The number of rotatable bonds is 6. The number of hydrogen-bond donors (Lipinski definition) is 1. The summed E-state index contributed by atoms with van der Waals surface area (Å²) in [5.41, 5.74) is 3.32. The summed E-state index contributed by atoms with van der Waals surface area (Å²) in [5, 5.41) is 2.99. The Bertz CT molecular complexity index is 1310. The highest BCUT2D eigenvalue weighted by Gasteiger charge is 2.71. The van der Waals surface area contributed by atoms with Crippen LogP contribution in [0.4, 0.5) is 4.79 Å². The van der Waals surface area contributed by atoms with Crippen molar-refractivity contribution in [3.63, 3.8) is 0 Å². The Kier molecular flexibility index (Phi) is 7.08. The van der Waals surface area contributed by atoms with Gasteiger partial charge in [-0.1, -0.05) is 24.3 Å². The summed E-state index contributed by atoms with van der Waals surface area (Å²) in [6.45, 7) is 8.04. The number of ether oxygens (including phenoxy) is 2. The second kappa shape index (κ2) is 10.3. The van der Waals surface area contributed by atoms with E-state index in [4.69, 9.17) is 9.47 Å². The number of piperidine rings is 1. The molecule has 4 bridgehead atoms. The van der Waals surface area contributed by atoms with Crippen LogP contribution in [0.5, 0.6) is 5.75 Å². The molecule has 220 valence electrons. The number of carbonyl (C=O) groups excluding carboxylic acids is 2. The van der Waals surface area contributed by atoms with Crippen molar-refractivity contribution in [1.29, 1.82) is 0 Å². The second-order valence-corrected chi connectivity index (χ2v) is 13.6. The first kappa shape index (κ1) is 28.1. The molecular weight excluding hydrogens is 514 g/mol. The van der Waals surface area contributed by atoms with E-state index in [1.165, 1.54) is 17.5 Å². The first-order valence-electron chi connectivity index (χ1n) is 15.3. The largest absolute Gasteiger partial charge is 0.497 e. The molecule has 7 nitrogen and oxygen atoms in total. The number of benzene rings is 2. The van der Waals surface area contributed by atoms with Crippen LogP contribution in [0.3, 0.4) is 0 Å². The molecule has 1 heterocycles. The molecule has 7 heteroatoms. The van der Waals surface area contributed by atoms with Gasteiger partial charge >= 0.3 is 6.09 Å². The minimum atomic E-state index is -0.505. The van der Waals surface area contributed by atoms with Crippen molar-refractivity contribution in [3.8, 4) is 5.75 Å². The van der Waals surface area contributed by atoms with E-state index in [2.05, 4.69) is 33.3 Å². The van der Waals surface area contributed by atoms with E-state index in [0.717, 1.165) is 56.5 Å². The van der Waals surface area contributed by atoms with E-state index in [9.17, 15) is 9.59 Å². The van der Waals surface area contributed by atoms with Crippen molar-refractivity contribution >= 4 is 12.0 Å². The number of hydrogen-bond acceptors (Lipinski definition) is 5. The number of nitrogens with one attached hydrogen (secondary N) is 1. The van der Waals surface area contributed by atoms with Gasteiger partial charge < -0.3 is 19.7 Å². The smallest absolute Gasteiger partial charge is 0.407 e. The molecule has 2 amide bonds. The van der Waals surface area contributed by atoms with Crippen molar-refractivity contribution < 1.29 is 19.1 Å². The third-order valence-electron chi connectivity index (χ3n) is 10.8. The molecule has 3 aliphatic carbocycles. The van der Waals surface area contributed by atoms with Crippen molar-refractivity contribution in [1.82, 2.24) is 15.1 Å². The fourth-order valence-corrected chi connectivity index (χ4v) is 9.31. The molecule has 1 saturated heterocycles. The molecule has 2 saturated carbocycles. The van der Waals surface area contributed by atoms with Gasteiger partial charge in [-0.15, -0.1) is 0 Å². The molecule has 2 aromatic carbocycles. The van der Waals surface area contributed by atoms with Crippen LogP contribution < -0.4 is 10.1 Å². The maximum Gasteiger partial charge on any atom is 0.407 e. The van der Waals surface area contributed by atoms with Crippen LogP contribution in [0.2, 0.25) is 0 Å². The van der Waals surface area contributed by atoms with Gasteiger partial charge in [0.2, 0.25) is 0 Å². The second-order valence-electron chi connectivity index (χ2n) is 13.6. The summed E-state index contributed by atoms with van der Waals surface area (Å²) >= 11 is 0. The van der Waals surface area contributed by atoms with Crippen molar-refractivity contribution in [2.24, 2.45) is 11.3 Å². The number of alkyl carbamates (subject to hydrolysis) is 1. The van der Waals surface area contributed by atoms with Crippen LogP contribution in [-0.2, 0) is 16.6 Å². The SMILES string of the molecule is COc1ccc2c(c1)C13CCN(CCNC(=O)OC(C)(C)C)C(C2)C12CCC(N(C)C(=O)c1ccccc1)C3CC2. The predicted molar refractivity (Wildman–Crippen MR) is 159 cm³/mol. The van der Waals surface area contributed by atoms with E-state index in [-0.39, 0.29) is 28.9 Å². The summed E-state index contributed by atoms with van der Waals surface area (Å²) in [5.74, 6) is 1.45. The number of carbonyl (C=O) groups is 2. The van der Waals surface area contributed by atoms with E-state index < -0.39 is 5.60 Å². The molecule has 2 aromatic rings. The molecule has 41 heavy (non-hydrogen) atoms. The number of likely N-dealkylation sites (tertiary alicyclic amines) is 1. The Morgan fingerprint density at radius 3 is 2.56 bits per heavy atom. The Labute approximate surface area is 244 Å². The molecule has 5 unspecified atom stereocenters. The lowest BCUT2D eigenvalue weighted by atomic mass is 9.43. The van der Waals surface area contributed by atoms with E-state index in [0.29, 0.717) is 18.5 Å². The van der Waals surface area contributed by atoms with E-state index in [1.54, 1.807) is 7.11 Å². The number of fused-ring (bicyclic) bond motifs is 1. The van der Waals surface area contributed by atoms with Crippen molar-refractivity contribution in [2.75, 3.05) is 33.8 Å². The van der Waals surface area contributed by atoms with Crippen LogP contribution in [0.15, 0.2) is 48.5 Å². The van der Waals surface area contributed by atoms with Gasteiger partial charge in [0, 0.05) is 43.2 Å². The zero-order valence-electron chi connectivity index (χ0n) is 25.2. The van der Waals surface area contributed by atoms with Gasteiger partial charge in [0.05, 0.1) is 7.11 Å². The normalized spacial score (nSPS) is 30.1. The van der Waals surface area contributed by atoms with Gasteiger partial charge in [-0.3, -0.25) is 9.69 Å². The van der Waals surface area contributed by atoms with Gasteiger partial charge in [-0.05, 0) is 113 Å². The summed E-state index contributed by atoms with van der Waals surface area (Å²) in [6.07, 6.45) is 6.18. The zero-order chi connectivity index (χ0) is 29.0. The van der Waals surface area contributed by atoms with Gasteiger partial charge in [0.15, 0.2) is 0 Å². The average molecular weight is 560 g/mol. The Morgan fingerprint density at radius 1 is 1.07 bits per heavy atom. The van der Waals surface area contributed by atoms with Crippen LogP contribution >= 0.6 is 0 Å². The Hall–Kier alpha value is -3.06. The fraction of sp³-hybridized carbons (Fsp3) is 0.588. The number of methoxy groups -OCH3 is 1. The summed E-state index contributed by atoms with van der Waals surface area (Å²) in [7, 11) is 3.78. The topological polar surface area (TPSA) is 71.1 Å². The number of nitrogens with zero attached hydrogens (tertiary/aromatic N) is 2. The van der Waals surface area contributed by atoms with Crippen molar-refractivity contribution in [2.45, 2.75) is 82.4 Å². The van der Waals surface area contributed by atoms with Crippen LogP contribution in [0.25, 0.3) is 0 Å². The maximum absolute atomic E-state index is 13.7. The van der Waals surface area contributed by atoms with Crippen LogP contribution in [0.1, 0.15) is 74.4 Å². The lowest BCUT2D eigenvalue weighted by Crippen LogP contribution is -2.70. The molecule has 1 aliphatic heterocycles. The standard InChI is InChI=1S/C34H45N3O4/c1-32(2,3)41-31(39)35-18-20-37-19-17-34-26-13-15-33(34,29(37)21-24-11-12-25(40-5)22-27(24)34)16-14-28(26)36(4)30(38)23-9-7-6-8-10-23/h6-12,22,26,28-29H,13-21H2,1-5H3,(H,35,39). The molecule has 5 atom stereocenters. The fourth-order valence-electron chi connectivity index (χ4n) is 9.31. The number of amides is 2. The first-order chi connectivity index (χ1) is 19.6. The Balaban J connectivity index is 1.31. The summed E-state index contributed by atoms with van der Waals surface area (Å²) < 4.78 is 11.2. The predicted octanol–water partition coefficient (Wildman–Crippen LogP) is 5.42. The zero-order valence-corrected chi connectivity index (χ0v) is 25.2. The highest BCUT2D eigenvalue weighted by atomic mass is 16.6. The third kappa shape index (κ3) is 4.52. The highest BCUT2D eigenvalue weighted by Crippen LogP contribution is 2.72. The van der Waals surface area contributed by atoms with E-state index >= 15 is 0 Å². The minimum Gasteiger partial charge on any atom is -0.497 e. The Morgan fingerprint density at radius 2 is 1.83 bits per heavy atom. The molecule has 4 aliphatic rings. The minimum absolute atomic E-state index is 0.0169. The lowest BCUT2D eigenvalue weighted by molar-refractivity contribution is -0.102. The quantitative estimate of drug-likeness (QED) is 0.512. The summed E-state index contributed by atoms with van der Waals surface area (Å²) in [6, 6.07) is 17.0. The van der Waals surface area contributed by atoms with Crippen LogP contribution in [-0.4, -0.2) is 73.3 Å². The lowest BCUT2D eigenvalue weighted by Gasteiger charge is -2.67. The van der Waals surface area contributed by atoms with E-state index in [1.807, 2.05) is 58.2 Å². The highest BCUT2D eigenvalue weighted by molar-refractivity contribution is 5.94. The molecule has 0 aromatic heterocycles. The van der Waals surface area contributed by atoms with Crippen molar-refractivity contribution in [3.05, 3.63) is 65.2 Å². The van der Waals surface area contributed by atoms with Crippen LogP contribution in [0, 0.1) is 11.3 Å². The molecule has 6 rings (SSSR count). The average Bonchev–Trinajstić information content (AvgIpc) is 3.18. The maximum atomic E-state index is 13.7. The van der Waals surface area contributed by atoms with Gasteiger partial charge in [0.1, 0.15) is 11.4 Å². The third-order valence-corrected chi connectivity index (χ3v) is 10.8. The molecule has 1 N–H and O–H groups in total. The molecule has 3 fully saturated rings. The van der Waals surface area contributed by atoms with Gasteiger partial charge in [0.25, 0.3) is 5.91 Å². The summed E-state index contributed by atoms with van der Waals surface area (Å²) in [4.78, 5) is 30.7. The monoisotopic (exact) mass is 559 g/mol.